The zero-order valence-electron chi connectivity index (χ0n) is 12.2. The summed E-state index contributed by atoms with van der Waals surface area (Å²) >= 11 is 0. The van der Waals surface area contributed by atoms with Crippen molar-refractivity contribution in [1.29, 1.82) is 0 Å². The zero-order chi connectivity index (χ0) is 15.8. The summed E-state index contributed by atoms with van der Waals surface area (Å²) < 4.78 is 27.2. The van der Waals surface area contributed by atoms with Crippen LogP contribution in [-0.4, -0.2) is 30.7 Å². The first kappa shape index (κ1) is 15.8. The lowest BCUT2D eigenvalue weighted by molar-refractivity contribution is 0.1000. The summed E-state index contributed by atoms with van der Waals surface area (Å²) in [5.41, 5.74) is 11.3. The molecule has 116 valence electrons. The van der Waals surface area contributed by atoms with Crippen molar-refractivity contribution >= 4 is 21.6 Å². The predicted molar refractivity (Wildman–Crippen MR) is 81.2 cm³/mol. The van der Waals surface area contributed by atoms with E-state index in [0.717, 1.165) is 19.3 Å². The molecule has 1 aromatic rings. The van der Waals surface area contributed by atoms with Gasteiger partial charge in [0.05, 0.1) is 5.69 Å². The van der Waals surface area contributed by atoms with Gasteiger partial charge in [0.2, 0.25) is 15.9 Å². The number of nitrogens with two attached hydrogens (primary N) is 2. The number of benzene rings is 1. The Morgan fingerprint density at radius 1 is 1.24 bits per heavy atom. The van der Waals surface area contributed by atoms with Crippen LogP contribution < -0.4 is 11.5 Å². The van der Waals surface area contributed by atoms with E-state index in [9.17, 15) is 13.2 Å². The molecule has 1 amide bonds. The van der Waals surface area contributed by atoms with Crippen LogP contribution in [0.1, 0.15) is 43.5 Å². The molecule has 4 N–H and O–H groups in total. The number of carbonyl (C=O) groups is 1. The minimum absolute atomic E-state index is 0.0353. The van der Waals surface area contributed by atoms with E-state index in [2.05, 4.69) is 0 Å². The standard InChI is InChI=1S/C14H21N3O3S/c1-9-4-3-5-10(2)17(9)21(19,20)13-7-6-11(14(16)18)8-12(13)15/h6-10H,3-5,15H2,1-2H3,(H2,16,18)/t9-,10+. The molecular formula is C14H21N3O3S. The third kappa shape index (κ3) is 2.89. The van der Waals surface area contributed by atoms with Crippen LogP contribution in [0.15, 0.2) is 23.1 Å². The second kappa shape index (κ2) is 5.65. The van der Waals surface area contributed by atoms with Crippen LogP contribution in [0.4, 0.5) is 5.69 Å². The predicted octanol–water partition coefficient (Wildman–Crippen LogP) is 1.32. The topological polar surface area (TPSA) is 106 Å². The third-order valence-corrected chi connectivity index (χ3v) is 6.16. The number of amides is 1. The van der Waals surface area contributed by atoms with Gasteiger partial charge in [-0.3, -0.25) is 4.79 Å². The van der Waals surface area contributed by atoms with E-state index in [1.807, 2.05) is 13.8 Å². The van der Waals surface area contributed by atoms with Crippen LogP contribution in [0.5, 0.6) is 0 Å². The molecule has 7 heteroatoms. The normalized spacial score (nSPS) is 23.9. The summed E-state index contributed by atoms with van der Waals surface area (Å²) in [7, 11) is -3.68. The average Bonchev–Trinajstić information content (AvgIpc) is 2.37. The molecule has 1 heterocycles. The van der Waals surface area contributed by atoms with Crippen molar-refractivity contribution < 1.29 is 13.2 Å². The van der Waals surface area contributed by atoms with Crippen molar-refractivity contribution in [3.63, 3.8) is 0 Å². The van der Waals surface area contributed by atoms with E-state index >= 15 is 0 Å². The highest BCUT2D eigenvalue weighted by atomic mass is 32.2. The largest absolute Gasteiger partial charge is 0.398 e. The molecule has 0 aromatic heterocycles. The number of rotatable bonds is 3. The molecule has 0 bridgehead atoms. The first-order valence-corrected chi connectivity index (χ1v) is 8.42. The molecule has 6 nitrogen and oxygen atoms in total. The second-order valence-electron chi connectivity index (χ2n) is 5.58. The van der Waals surface area contributed by atoms with Crippen LogP contribution >= 0.6 is 0 Å². The van der Waals surface area contributed by atoms with Crippen molar-refractivity contribution in [3.8, 4) is 0 Å². The van der Waals surface area contributed by atoms with Gasteiger partial charge in [0, 0.05) is 17.6 Å². The number of carbonyl (C=O) groups excluding carboxylic acids is 1. The van der Waals surface area contributed by atoms with Crippen LogP contribution in [0.2, 0.25) is 0 Å². The van der Waals surface area contributed by atoms with E-state index < -0.39 is 15.9 Å². The van der Waals surface area contributed by atoms with E-state index in [0.29, 0.717) is 0 Å². The van der Waals surface area contributed by atoms with E-state index in [4.69, 9.17) is 11.5 Å². The van der Waals surface area contributed by atoms with Gasteiger partial charge in [-0.25, -0.2) is 8.42 Å². The summed E-state index contributed by atoms with van der Waals surface area (Å²) in [5, 5.41) is 0. The van der Waals surface area contributed by atoms with Gasteiger partial charge in [-0.1, -0.05) is 6.42 Å². The first-order chi connectivity index (χ1) is 9.75. The number of nitrogen functional groups attached to an aromatic ring is 1. The molecule has 0 unspecified atom stereocenters. The summed E-state index contributed by atoms with van der Waals surface area (Å²) in [6.07, 6.45) is 2.69. The number of sulfonamides is 1. The minimum atomic E-state index is -3.68. The Morgan fingerprint density at radius 3 is 2.29 bits per heavy atom. The number of anilines is 1. The highest BCUT2D eigenvalue weighted by Gasteiger charge is 2.36. The molecular weight excluding hydrogens is 290 g/mol. The Bertz CT molecular complexity index is 647. The fourth-order valence-corrected chi connectivity index (χ4v) is 4.90. The number of hydrogen-bond acceptors (Lipinski definition) is 4. The SMILES string of the molecule is C[C@@H]1CCC[C@H](C)N1S(=O)(=O)c1ccc(C(N)=O)cc1N. The maximum atomic E-state index is 12.8. The lowest BCUT2D eigenvalue weighted by Gasteiger charge is -2.37. The summed E-state index contributed by atoms with van der Waals surface area (Å²) in [6, 6.07) is 3.95. The van der Waals surface area contributed by atoms with E-state index in [-0.39, 0.29) is 28.2 Å². The van der Waals surface area contributed by atoms with Crippen LogP contribution in [-0.2, 0) is 10.0 Å². The maximum Gasteiger partial charge on any atom is 0.248 e. The summed E-state index contributed by atoms with van der Waals surface area (Å²) in [4.78, 5) is 11.2. The van der Waals surface area contributed by atoms with E-state index in [1.54, 1.807) is 0 Å². The van der Waals surface area contributed by atoms with Gasteiger partial charge in [0.1, 0.15) is 4.90 Å². The molecule has 2 rings (SSSR count). The summed E-state index contributed by atoms with van der Waals surface area (Å²) in [5.74, 6) is -0.634. The monoisotopic (exact) mass is 311 g/mol. The van der Waals surface area contributed by atoms with Crippen LogP contribution in [0, 0.1) is 0 Å². The Kier molecular flexibility index (Phi) is 4.25. The van der Waals surface area contributed by atoms with Crippen molar-refractivity contribution in [1.82, 2.24) is 4.31 Å². The second-order valence-corrected chi connectivity index (χ2v) is 7.39. The number of nitrogens with zero attached hydrogens (tertiary/aromatic N) is 1. The molecule has 0 aliphatic carbocycles. The molecule has 1 saturated heterocycles. The van der Waals surface area contributed by atoms with Crippen LogP contribution in [0.25, 0.3) is 0 Å². The van der Waals surface area contributed by atoms with Gasteiger partial charge in [0.25, 0.3) is 0 Å². The van der Waals surface area contributed by atoms with Gasteiger partial charge >= 0.3 is 0 Å². The minimum Gasteiger partial charge on any atom is -0.398 e. The Morgan fingerprint density at radius 2 is 1.81 bits per heavy atom. The Balaban J connectivity index is 2.46. The molecule has 1 aliphatic rings. The molecule has 1 aromatic carbocycles. The molecule has 1 aliphatic heterocycles. The first-order valence-electron chi connectivity index (χ1n) is 6.98. The average molecular weight is 311 g/mol. The van der Waals surface area contributed by atoms with Gasteiger partial charge in [-0.2, -0.15) is 4.31 Å². The van der Waals surface area contributed by atoms with Crippen molar-refractivity contribution in [3.05, 3.63) is 23.8 Å². The maximum absolute atomic E-state index is 12.8. The Labute approximate surface area is 125 Å². The number of hydrogen-bond donors (Lipinski definition) is 2. The van der Waals surface area contributed by atoms with E-state index in [1.165, 1.54) is 22.5 Å². The zero-order valence-corrected chi connectivity index (χ0v) is 13.1. The van der Waals surface area contributed by atoms with Crippen molar-refractivity contribution in [2.45, 2.75) is 50.1 Å². The number of piperidine rings is 1. The highest BCUT2D eigenvalue weighted by molar-refractivity contribution is 7.89. The molecule has 0 radical (unpaired) electrons. The van der Waals surface area contributed by atoms with Crippen LogP contribution in [0.3, 0.4) is 0 Å². The quantitative estimate of drug-likeness (QED) is 0.821. The lowest BCUT2D eigenvalue weighted by Crippen LogP contribution is -2.47. The number of primary amides is 1. The molecule has 2 atom stereocenters. The van der Waals surface area contributed by atoms with Gasteiger partial charge in [-0.15, -0.1) is 0 Å². The van der Waals surface area contributed by atoms with Crippen molar-refractivity contribution in [2.24, 2.45) is 5.73 Å². The van der Waals surface area contributed by atoms with Gasteiger partial charge in [-0.05, 0) is 44.9 Å². The molecule has 0 saturated carbocycles. The fourth-order valence-electron chi connectivity index (χ4n) is 2.92. The van der Waals surface area contributed by atoms with Gasteiger partial charge in [0.15, 0.2) is 0 Å². The third-order valence-electron chi connectivity index (χ3n) is 3.96. The van der Waals surface area contributed by atoms with Gasteiger partial charge < -0.3 is 11.5 Å². The fraction of sp³-hybridized carbons (Fsp3) is 0.500. The molecule has 21 heavy (non-hydrogen) atoms. The molecule has 0 spiro atoms. The smallest absolute Gasteiger partial charge is 0.248 e. The molecule has 1 fully saturated rings. The highest BCUT2D eigenvalue weighted by Crippen LogP contribution is 2.32. The lowest BCUT2D eigenvalue weighted by atomic mass is 10.0. The van der Waals surface area contributed by atoms with Crippen molar-refractivity contribution in [2.75, 3.05) is 5.73 Å². The Hall–Kier alpha value is -1.60. The summed E-state index contributed by atoms with van der Waals surface area (Å²) in [6.45, 7) is 3.81.